The first-order valence-electron chi connectivity index (χ1n) is 7.29. The molecule has 2 aromatic rings. The molecule has 1 aromatic carbocycles. The number of aromatic nitrogens is 2. The predicted molar refractivity (Wildman–Crippen MR) is 86.5 cm³/mol. The number of hydrogen-bond donors (Lipinski definition) is 1. The average molecular weight is 285 g/mol. The van der Waals surface area contributed by atoms with Crippen LogP contribution in [0.2, 0.25) is 0 Å². The third-order valence-electron chi connectivity index (χ3n) is 3.20. The van der Waals surface area contributed by atoms with E-state index < -0.39 is 0 Å². The van der Waals surface area contributed by atoms with E-state index in [-0.39, 0.29) is 12.0 Å². The number of benzene rings is 1. The maximum atomic E-state index is 6.03. The van der Waals surface area contributed by atoms with Crippen molar-refractivity contribution in [3.8, 4) is 17.0 Å². The fourth-order valence-electron chi connectivity index (χ4n) is 2.08. The van der Waals surface area contributed by atoms with Gasteiger partial charge in [0, 0.05) is 17.0 Å². The first-order valence-corrected chi connectivity index (χ1v) is 7.29. The van der Waals surface area contributed by atoms with Gasteiger partial charge in [-0.05, 0) is 32.9 Å². The predicted octanol–water partition coefficient (Wildman–Crippen LogP) is 3.94. The second-order valence-corrected chi connectivity index (χ2v) is 5.79. The maximum Gasteiger partial charge on any atom is 0.133 e. The lowest BCUT2D eigenvalue weighted by atomic mass is 10.1. The summed E-state index contributed by atoms with van der Waals surface area (Å²) < 4.78 is 5.75. The van der Waals surface area contributed by atoms with Crippen LogP contribution in [-0.4, -0.2) is 16.1 Å². The van der Waals surface area contributed by atoms with Gasteiger partial charge in [0.05, 0.1) is 11.8 Å². The SMILES string of the molecule is Cc1c(N)nc(C(C)C)nc1-c1cccc(OC(C)C)c1. The van der Waals surface area contributed by atoms with E-state index >= 15 is 0 Å². The maximum absolute atomic E-state index is 6.03. The third-order valence-corrected chi connectivity index (χ3v) is 3.20. The van der Waals surface area contributed by atoms with Crippen LogP contribution < -0.4 is 10.5 Å². The van der Waals surface area contributed by atoms with Gasteiger partial charge in [0.2, 0.25) is 0 Å². The van der Waals surface area contributed by atoms with Crippen molar-refractivity contribution < 1.29 is 4.74 Å². The Balaban J connectivity index is 2.50. The zero-order valence-corrected chi connectivity index (χ0v) is 13.3. The number of nitrogens with two attached hydrogens (primary N) is 1. The van der Waals surface area contributed by atoms with Gasteiger partial charge in [-0.1, -0.05) is 26.0 Å². The van der Waals surface area contributed by atoms with Crippen molar-refractivity contribution in [3.63, 3.8) is 0 Å². The highest BCUT2D eigenvalue weighted by Gasteiger charge is 2.13. The highest BCUT2D eigenvalue weighted by atomic mass is 16.5. The van der Waals surface area contributed by atoms with E-state index in [1.54, 1.807) is 0 Å². The Bertz CT molecular complexity index is 636. The van der Waals surface area contributed by atoms with Crippen LogP contribution in [0.1, 0.15) is 45.0 Å². The Hall–Kier alpha value is -2.10. The largest absolute Gasteiger partial charge is 0.491 e. The van der Waals surface area contributed by atoms with E-state index in [1.165, 1.54) is 0 Å². The molecular formula is C17H23N3O. The number of hydrogen-bond acceptors (Lipinski definition) is 4. The summed E-state index contributed by atoms with van der Waals surface area (Å²) in [6.07, 6.45) is 0.142. The Morgan fingerprint density at radius 3 is 2.43 bits per heavy atom. The first-order chi connectivity index (χ1) is 9.88. The van der Waals surface area contributed by atoms with Gasteiger partial charge in [0.25, 0.3) is 0 Å². The average Bonchev–Trinajstić information content (AvgIpc) is 2.41. The van der Waals surface area contributed by atoms with Crippen molar-refractivity contribution in [1.29, 1.82) is 0 Å². The number of rotatable bonds is 4. The fourth-order valence-corrected chi connectivity index (χ4v) is 2.08. The fraction of sp³-hybridized carbons (Fsp3) is 0.412. The Kier molecular flexibility index (Phi) is 4.46. The summed E-state index contributed by atoms with van der Waals surface area (Å²) in [6.45, 7) is 10.1. The van der Waals surface area contributed by atoms with Crippen LogP contribution in [0, 0.1) is 6.92 Å². The van der Waals surface area contributed by atoms with Crippen LogP contribution in [0.25, 0.3) is 11.3 Å². The highest BCUT2D eigenvalue weighted by Crippen LogP contribution is 2.29. The summed E-state index contributed by atoms with van der Waals surface area (Å²) in [5, 5.41) is 0. The highest BCUT2D eigenvalue weighted by molar-refractivity contribution is 5.68. The Labute approximate surface area is 126 Å². The van der Waals surface area contributed by atoms with Gasteiger partial charge in [-0.3, -0.25) is 0 Å². The van der Waals surface area contributed by atoms with Crippen LogP contribution in [0.15, 0.2) is 24.3 Å². The molecule has 0 spiro atoms. The van der Waals surface area contributed by atoms with Gasteiger partial charge in [-0.25, -0.2) is 9.97 Å². The molecule has 0 aliphatic carbocycles. The van der Waals surface area contributed by atoms with Gasteiger partial charge < -0.3 is 10.5 Å². The summed E-state index contributed by atoms with van der Waals surface area (Å²) in [6, 6.07) is 7.94. The van der Waals surface area contributed by atoms with Gasteiger partial charge in [0.15, 0.2) is 0 Å². The molecular weight excluding hydrogens is 262 g/mol. The summed E-state index contributed by atoms with van der Waals surface area (Å²) >= 11 is 0. The lowest BCUT2D eigenvalue weighted by Gasteiger charge is -2.14. The van der Waals surface area contributed by atoms with E-state index in [0.29, 0.717) is 5.82 Å². The summed E-state index contributed by atoms with van der Waals surface area (Å²) in [5.74, 6) is 2.38. The quantitative estimate of drug-likeness (QED) is 0.924. The van der Waals surface area contributed by atoms with Crippen molar-refractivity contribution in [3.05, 3.63) is 35.7 Å². The molecule has 2 rings (SSSR count). The molecule has 2 N–H and O–H groups in total. The van der Waals surface area contributed by atoms with Gasteiger partial charge in [-0.2, -0.15) is 0 Å². The molecule has 1 aromatic heterocycles. The monoisotopic (exact) mass is 285 g/mol. The second-order valence-electron chi connectivity index (χ2n) is 5.79. The summed E-state index contributed by atoms with van der Waals surface area (Å²) in [4.78, 5) is 9.04. The molecule has 0 radical (unpaired) electrons. The van der Waals surface area contributed by atoms with Crippen LogP contribution in [0.5, 0.6) is 5.75 Å². The molecule has 0 amide bonds. The molecule has 4 nitrogen and oxygen atoms in total. The van der Waals surface area contributed by atoms with E-state index in [0.717, 1.165) is 28.4 Å². The number of ether oxygens (including phenoxy) is 1. The molecule has 0 bridgehead atoms. The first kappa shape index (κ1) is 15.3. The van der Waals surface area contributed by atoms with Crippen LogP contribution in [0.3, 0.4) is 0 Å². The number of nitrogens with zero attached hydrogens (tertiary/aromatic N) is 2. The van der Waals surface area contributed by atoms with Crippen molar-refractivity contribution in [2.45, 2.75) is 46.6 Å². The van der Waals surface area contributed by atoms with Gasteiger partial charge >= 0.3 is 0 Å². The van der Waals surface area contributed by atoms with Crippen LogP contribution in [0.4, 0.5) is 5.82 Å². The molecule has 0 unspecified atom stereocenters. The van der Waals surface area contributed by atoms with E-state index in [9.17, 15) is 0 Å². The van der Waals surface area contributed by atoms with Crippen LogP contribution in [-0.2, 0) is 0 Å². The minimum Gasteiger partial charge on any atom is -0.491 e. The van der Waals surface area contributed by atoms with E-state index in [1.807, 2.05) is 45.0 Å². The van der Waals surface area contributed by atoms with Crippen molar-refractivity contribution in [2.75, 3.05) is 5.73 Å². The van der Waals surface area contributed by atoms with Crippen molar-refractivity contribution >= 4 is 5.82 Å². The Morgan fingerprint density at radius 2 is 1.81 bits per heavy atom. The topological polar surface area (TPSA) is 61.0 Å². The van der Waals surface area contributed by atoms with Crippen molar-refractivity contribution in [2.24, 2.45) is 0 Å². The molecule has 1 heterocycles. The normalized spacial score (nSPS) is 11.2. The molecule has 0 fully saturated rings. The lowest BCUT2D eigenvalue weighted by molar-refractivity contribution is 0.242. The summed E-state index contributed by atoms with van der Waals surface area (Å²) in [7, 11) is 0. The standard InChI is InChI=1S/C17H23N3O/c1-10(2)17-19-15(12(5)16(18)20-17)13-7-6-8-14(9-13)21-11(3)4/h6-11H,1-5H3,(H2,18,19,20). The molecule has 0 aliphatic heterocycles. The molecule has 0 saturated heterocycles. The molecule has 21 heavy (non-hydrogen) atoms. The van der Waals surface area contributed by atoms with E-state index in [4.69, 9.17) is 10.5 Å². The van der Waals surface area contributed by atoms with Gasteiger partial charge in [0.1, 0.15) is 17.4 Å². The van der Waals surface area contributed by atoms with Crippen molar-refractivity contribution in [1.82, 2.24) is 9.97 Å². The zero-order valence-electron chi connectivity index (χ0n) is 13.3. The molecule has 0 aliphatic rings. The molecule has 0 atom stereocenters. The van der Waals surface area contributed by atoms with Crippen LogP contribution >= 0.6 is 0 Å². The molecule has 4 heteroatoms. The molecule has 112 valence electrons. The van der Waals surface area contributed by atoms with Gasteiger partial charge in [-0.15, -0.1) is 0 Å². The number of anilines is 1. The minimum absolute atomic E-state index is 0.142. The summed E-state index contributed by atoms with van der Waals surface area (Å²) in [5.41, 5.74) is 8.81. The third kappa shape index (κ3) is 3.51. The smallest absolute Gasteiger partial charge is 0.133 e. The van der Waals surface area contributed by atoms with E-state index in [2.05, 4.69) is 23.8 Å². The minimum atomic E-state index is 0.142. The second kappa shape index (κ2) is 6.12. The zero-order chi connectivity index (χ0) is 15.6. The Morgan fingerprint density at radius 1 is 1.10 bits per heavy atom. The number of nitrogen functional groups attached to an aromatic ring is 1. The molecule has 0 saturated carbocycles. The lowest BCUT2D eigenvalue weighted by Crippen LogP contribution is -2.07.